The Hall–Kier alpha value is -3.26. The third-order valence-electron chi connectivity index (χ3n) is 4.37. The Morgan fingerprint density at radius 3 is 2.69 bits per heavy atom. The van der Waals surface area contributed by atoms with Crippen LogP contribution in [0.3, 0.4) is 0 Å². The van der Waals surface area contributed by atoms with Crippen molar-refractivity contribution in [1.82, 2.24) is 5.32 Å². The van der Waals surface area contributed by atoms with Crippen LogP contribution in [-0.2, 0) is 9.53 Å². The van der Waals surface area contributed by atoms with Gasteiger partial charge in [0, 0.05) is 10.7 Å². The Morgan fingerprint density at radius 2 is 1.90 bits per heavy atom. The van der Waals surface area contributed by atoms with E-state index >= 15 is 0 Å². The molecule has 1 aliphatic carbocycles. The van der Waals surface area contributed by atoms with Gasteiger partial charge in [-0.3, -0.25) is 9.59 Å². The minimum Gasteiger partial charge on any atom is -0.451 e. The summed E-state index contributed by atoms with van der Waals surface area (Å²) in [5.74, 6) is -1.87. The molecule has 148 valence electrons. The highest BCUT2D eigenvalue weighted by Crippen LogP contribution is 2.27. The van der Waals surface area contributed by atoms with Crippen molar-refractivity contribution >= 4 is 44.9 Å². The lowest BCUT2D eigenvalue weighted by molar-refractivity contribution is -0.119. The van der Waals surface area contributed by atoms with Crippen molar-refractivity contribution in [3.63, 3.8) is 0 Å². The fourth-order valence-electron chi connectivity index (χ4n) is 2.78. The number of carbonyl (C=O) groups is 3. The number of ether oxygens (including phenoxy) is 1. The SMILES string of the molecule is O=C(COC(=O)c1cc2cc(F)ccc2s1)Nc1ccccc1C(=O)NC1CC1. The van der Waals surface area contributed by atoms with Gasteiger partial charge in [-0.2, -0.15) is 0 Å². The zero-order valence-corrected chi connectivity index (χ0v) is 16.1. The van der Waals surface area contributed by atoms with Gasteiger partial charge in [-0.1, -0.05) is 12.1 Å². The number of halogens is 1. The van der Waals surface area contributed by atoms with Crippen molar-refractivity contribution in [3.05, 3.63) is 64.8 Å². The number of rotatable bonds is 6. The van der Waals surface area contributed by atoms with E-state index in [9.17, 15) is 18.8 Å². The maximum atomic E-state index is 13.3. The molecule has 0 spiro atoms. The van der Waals surface area contributed by atoms with E-state index in [1.54, 1.807) is 30.3 Å². The van der Waals surface area contributed by atoms with Crippen molar-refractivity contribution < 1.29 is 23.5 Å². The molecule has 1 fully saturated rings. The summed E-state index contributed by atoms with van der Waals surface area (Å²) in [4.78, 5) is 37.0. The highest BCUT2D eigenvalue weighted by molar-refractivity contribution is 7.20. The van der Waals surface area contributed by atoms with E-state index in [1.807, 2.05) is 0 Å². The molecule has 0 aliphatic heterocycles. The van der Waals surface area contributed by atoms with Crippen LogP contribution in [0, 0.1) is 5.82 Å². The smallest absolute Gasteiger partial charge is 0.348 e. The van der Waals surface area contributed by atoms with E-state index < -0.39 is 18.5 Å². The van der Waals surface area contributed by atoms with E-state index in [4.69, 9.17) is 4.74 Å². The molecule has 4 rings (SSSR count). The Kier molecular flexibility index (Phi) is 5.26. The van der Waals surface area contributed by atoms with Crippen LogP contribution in [0.2, 0.25) is 0 Å². The molecule has 3 aromatic rings. The molecule has 2 N–H and O–H groups in total. The van der Waals surface area contributed by atoms with Crippen molar-refractivity contribution in [2.45, 2.75) is 18.9 Å². The molecular weight excluding hydrogens is 395 g/mol. The van der Waals surface area contributed by atoms with Crippen LogP contribution in [0.4, 0.5) is 10.1 Å². The summed E-state index contributed by atoms with van der Waals surface area (Å²) in [6, 6.07) is 12.6. The van der Waals surface area contributed by atoms with Gasteiger partial charge in [0.15, 0.2) is 6.61 Å². The first-order valence-corrected chi connectivity index (χ1v) is 9.87. The summed E-state index contributed by atoms with van der Waals surface area (Å²) in [7, 11) is 0. The van der Waals surface area contributed by atoms with Gasteiger partial charge >= 0.3 is 5.97 Å². The summed E-state index contributed by atoms with van der Waals surface area (Å²) < 4.78 is 19.1. The lowest BCUT2D eigenvalue weighted by Gasteiger charge is -2.11. The topological polar surface area (TPSA) is 84.5 Å². The molecule has 0 radical (unpaired) electrons. The predicted octanol–water partition coefficient (Wildman–Crippen LogP) is 3.73. The Balaban J connectivity index is 1.37. The Labute approximate surface area is 169 Å². The molecule has 1 aliphatic rings. The maximum absolute atomic E-state index is 13.3. The molecule has 0 atom stereocenters. The van der Waals surface area contributed by atoms with Gasteiger partial charge in [0.25, 0.3) is 11.8 Å². The maximum Gasteiger partial charge on any atom is 0.348 e. The van der Waals surface area contributed by atoms with Crippen molar-refractivity contribution in [2.75, 3.05) is 11.9 Å². The molecule has 2 amide bonds. The first-order valence-electron chi connectivity index (χ1n) is 9.05. The summed E-state index contributed by atoms with van der Waals surface area (Å²) in [6.45, 7) is -0.500. The largest absolute Gasteiger partial charge is 0.451 e. The number of amides is 2. The molecule has 0 unspecified atom stereocenters. The molecule has 29 heavy (non-hydrogen) atoms. The number of hydrogen-bond acceptors (Lipinski definition) is 5. The molecule has 1 saturated carbocycles. The summed E-state index contributed by atoms with van der Waals surface area (Å²) >= 11 is 1.16. The number of thiophene rings is 1. The number of fused-ring (bicyclic) bond motifs is 1. The third kappa shape index (κ3) is 4.60. The number of para-hydroxylation sites is 1. The first-order chi connectivity index (χ1) is 14.0. The predicted molar refractivity (Wildman–Crippen MR) is 108 cm³/mol. The van der Waals surface area contributed by atoms with Gasteiger partial charge in [-0.15, -0.1) is 11.3 Å². The van der Waals surface area contributed by atoms with Crippen molar-refractivity contribution in [1.29, 1.82) is 0 Å². The van der Waals surface area contributed by atoms with Crippen LogP contribution in [0.1, 0.15) is 32.9 Å². The van der Waals surface area contributed by atoms with Gasteiger partial charge in [-0.05, 0) is 54.6 Å². The van der Waals surface area contributed by atoms with E-state index in [-0.39, 0.29) is 22.6 Å². The van der Waals surface area contributed by atoms with Gasteiger partial charge in [0.05, 0.1) is 11.3 Å². The van der Waals surface area contributed by atoms with Gasteiger partial charge in [0.1, 0.15) is 10.7 Å². The van der Waals surface area contributed by atoms with Crippen LogP contribution < -0.4 is 10.6 Å². The summed E-state index contributed by atoms with van der Waals surface area (Å²) in [5, 5.41) is 6.07. The lowest BCUT2D eigenvalue weighted by atomic mass is 10.1. The molecule has 1 aromatic heterocycles. The second-order valence-electron chi connectivity index (χ2n) is 6.71. The van der Waals surface area contributed by atoms with Gasteiger partial charge in [0.2, 0.25) is 0 Å². The average molecular weight is 412 g/mol. The van der Waals surface area contributed by atoms with Gasteiger partial charge in [-0.25, -0.2) is 9.18 Å². The van der Waals surface area contributed by atoms with E-state index in [1.165, 1.54) is 18.2 Å². The lowest BCUT2D eigenvalue weighted by Crippen LogP contribution is -2.27. The summed E-state index contributed by atoms with van der Waals surface area (Å²) in [6.07, 6.45) is 1.92. The molecule has 1 heterocycles. The zero-order valence-electron chi connectivity index (χ0n) is 15.2. The average Bonchev–Trinajstić information content (AvgIpc) is 3.41. The first kappa shape index (κ1) is 19.1. The van der Waals surface area contributed by atoms with E-state index in [0.29, 0.717) is 16.6 Å². The fourth-order valence-corrected chi connectivity index (χ4v) is 3.72. The van der Waals surface area contributed by atoms with Crippen molar-refractivity contribution in [2.24, 2.45) is 0 Å². The molecule has 0 saturated heterocycles. The minimum atomic E-state index is -0.665. The van der Waals surface area contributed by atoms with Crippen LogP contribution in [-0.4, -0.2) is 30.4 Å². The highest BCUT2D eigenvalue weighted by atomic mass is 32.1. The highest BCUT2D eigenvalue weighted by Gasteiger charge is 2.25. The number of hydrogen-bond donors (Lipinski definition) is 2. The second kappa shape index (κ2) is 8.00. The molecule has 2 aromatic carbocycles. The molecule has 8 heteroatoms. The quantitative estimate of drug-likeness (QED) is 0.605. The number of nitrogens with one attached hydrogen (secondary N) is 2. The molecular formula is C21H17FN2O4S. The van der Waals surface area contributed by atoms with Crippen LogP contribution in [0.15, 0.2) is 48.5 Å². The number of anilines is 1. The third-order valence-corrected chi connectivity index (χ3v) is 5.47. The van der Waals surface area contributed by atoms with E-state index in [2.05, 4.69) is 10.6 Å². The number of carbonyl (C=O) groups excluding carboxylic acids is 3. The molecule has 6 nitrogen and oxygen atoms in total. The Morgan fingerprint density at radius 1 is 1.10 bits per heavy atom. The second-order valence-corrected chi connectivity index (χ2v) is 7.79. The van der Waals surface area contributed by atoms with Crippen LogP contribution in [0.25, 0.3) is 10.1 Å². The van der Waals surface area contributed by atoms with Gasteiger partial charge < -0.3 is 15.4 Å². The minimum absolute atomic E-state index is 0.196. The monoisotopic (exact) mass is 412 g/mol. The van der Waals surface area contributed by atoms with Crippen molar-refractivity contribution in [3.8, 4) is 0 Å². The number of benzene rings is 2. The standard InChI is InChI=1S/C21H17FN2O4S/c22-13-5-8-17-12(9-13)10-18(29-17)21(27)28-11-19(25)24-16-4-2-1-3-15(16)20(26)23-14-6-7-14/h1-5,8-10,14H,6-7,11H2,(H,23,26)(H,24,25). The van der Waals surface area contributed by atoms with E-state index in [0.717, 1.165) is 28.9 Å². The van der Waals surface area contributed by atoms with Crippen LogP contribution in [0.5, 0.6) is 0 Å². The molecule has 0 bridgehead atoms. The summed E-state index contributed by atoms with van der Waals surface area (Å²) in [5.41, 5.74) is 0.703. The fraction of sp³-hybridized carbons (Fsp3) is 0.190. The normalized spacial score (nSPS) is 13.1. The van der Waals surface area contributed by atoms with Crippen LogP contribution >= 0.6 is 11.3 Å². The number of esters is 1. The Bertz CT molecular complexity index is 1110. The zero-order chi connectivity index (χ0) is 20.4.